The van der Waals surface area contributed by atoms with Gasteiger partial charge < -0.3 is 19.5 Å². The molecule has 72 heavy (non-hydrogen) atoms. The first-order valence-corrected chi connectivity index (χ1v) is 24.8. The summed E-state index contributed by atoms with van der Waals surface area (Å²) in [5.74, 6) is 0.237. The molecule has 2 aliphatic carbocycles. The Morgan fingerprint density at radius 3 is 1.68 bits per heavy atom. The van der Waals surface area contributed by atoms with E-state index in [4.69, 9.17) is 0 Å². The summed E-state index contributed by atoms with van der Waals surface area (Å²) in [6, 6.07) is 80.2. The Hall–Kier alpha value is -9.12. The molecule has 0 atom stereocenters. The molecule has 0 aliphatic heterocycles. The van der Waals surface area contributed by atoms with Crippen LogP contribution in [-0.4, -0.2) is 9.67 Å². The van der Waals surface area contributed by atoms with E-state index in [0.717, 1.165) is 84.7 Å². The van der Waals surface area contributed by atoms with Gasteiger partial charge in [0.05, 0.1) is 16.4 Å². The lowest BCUT2D eigenvalue weighted by molar-refractivity contribution is 0.476. The van der Waals surface area contributed by atoms with Crippen LogP contribution in [0, 0.1) is 0 Å². The number of aromatic hydroxyl groups is 1. The van der Waals surface area contributed by atoms with E-state index < -0.39 is 5.41 Å². The summed E-state index contributed by atoms with van der Waals surface area (Å²) in [7, 11) is 0. The van der Waals surface area contributed by atoms with Crippen molar-refractivity contribution < 1.29 is 5.11 Å². The summed E-state index contributed by atoms with van der Waals surface area (Å²) in [6.07, 6.45) is 12.0. The molecule has 0 radical (unpaired) electrons. The van der Waals surface area contributed by atoms with Crippen molar-refractivity contribution in [2.24, 2.45) is 0 Å². The monoisotopic (exact) mass is 927 g/mol. The summed E-state index contributed by atoms with van der Waals surface area (Å²) < 4.78 is 2.29. The van der Waals surface area contributed by atoms with Gasteiger partial charge >= 0.3 is 0 Å². The first-order valence-electron chi connectivity index (χ1n) is 24.8. The van der Waals surface area contributed by atoms with Crippen LogP contribution < -0.4 is 9.80 Å². The fourth-order valence-corrected chi connectivity index (χ4v) is 11.3. The van der Waals surface area contributed by atoms with E-state index in [1.54, 1.807) is 6.07 Å². The van der Waals surface area contributed by atoms with Gasteiger partial charge in [-0.3, -0.25) is 0 Å². The van der Waals surface area contributed by atoms with Crippen LogP contribution in [0.15, 0.2) is 278 Å². The lowest BCUT2D eigenvalue weighted by Crippen LogP contribution is -2.29. The molecular weight excluding hydrogens is 875 g/mol. The second-order valence-corrected chi connectivity index (χ2v) is 18.6. The number of aromatic nitrogens is 1. The molecule has 0 spiro atoms. The zero-order chi connectivity index (χ0) is 48.8. The van der Waals surface area contributed by atoms with Crippen LogP contribution in [0.3, 0.4) is 0 Å². The van der Waals surface area contributed by atoms with Crippen molar-refractivity contribution >= 4 is 55.8 Å². The first kappa shape index (κ1) is 44.1. The van der Waals surface area contributed by atoms with E-state index in [1.165, 1.54) is 33.4 Å². The van der Waals surface area contributed by atoms with Crippen molar-refractivity contribution in [2.75, 3.05) is 9.80 Å². The molecular formula is C68H53N3O. The molecule has 0 fully saturated rings. The number of allylic oxidation sites excluding steroid dienone is 8. The van der Waals surface area contributed by atoms with Crippen molar-refractivity contribution in [3.63, 3.8) is 0 Å². The quantitative estimate of drug-likeness (QED) is 0.125. The van der Waals surface area contributed by atoms with Gasteiger partial charge in [0.2, 0.25) is 0 Å². The van der Waals surface area contributed by atoms with Crippen molar-refractivity contribution in [3.8, 4) is 22.6 Å². The Labute approximate surface area is 422 Å². The lowest BCUT2D eigenvalue weighted by Gasteiger charge is -2.36. The predicted octanol–water partition coefficient (Wildman–Crippen LogP) is 17.9. The Morgan fingerprint density at radius 1 is 0.528 bits per heavy atom. The highest BCUT2D eigenvalue weighted by Gasteiger charge is 2.46. The SMILES string of the molecule is C=CC1=C(/C=C\C)c2ccc(N(c3ccccc3)c3cc(-c4ccc5c(c4)c4cc(O)ccc4n5-c4ccccc4)cc(N(C4=CC(CC)=C4)c4ccccc4)c3)cc2C1(c1ccccc1)c1ccccc1. The van der Waals surface area contributed by atoms with Crippen LogP contribution >= 0.6 is 0 Å². The number of benzene rings is 9. The van der Waals surface area contributed by atoms with Crippen LogP contribution in [0.4, 0.5) is 28.4 Å². The van der Waals surface area contributed by atoms with Gasteiger partial charge in [0.15, 0.2) is 0 Å². The normalized spacial score (nSPS) is 13.8. The molecule has 1 N–H and O–H groups in total. The van der Waals surface area contributed by atoms with Gasteiger partial charge in [-0.05, 0) is 173 Å². The van der Waals surface area contributed by atoms with E-state index >= 15 is 0 Å². The Morgan fingerprint density at radius 2 is 1.08 bits per heavy atom. The first-order chi connectivity index (χ1) is 35.5. The third kappa shape index (κ3) is 7.30. The number of anilines is 5. The highest BCUT2D eigenvalue weighted by molar-refractivity contribution is 6.11. The number of fused-ring (bicyclic) bond motifs is 4. The molecule has 12 rings (SSSR count). The number of phenols is 1. The van der Waals surface area contributed by atoms with Gasteiger partial charge in [0, 0.05) is 50.6 Å². The number of nitrogens with zero attached hydrogens (tertiary/aromatic N) is 3. The highest BCUT2D eigenvalue weighted by atomic mass is 16.3. The molecule has 0 saturated heterocycles. The second kappa shape index (κ2) is 18.3. The smallest absolute Gasteiger partial charge is 0.116 e. The minimum Gasteiger partial charge on any atom is -0.508 e. The van der Waals surface area contributed by atoms with Crippen molar-refractivity contribution in [3.05, 3.63) is 301 Å². The maximum Gasteiger partial charge on any atom is 0.116 e. The van der Waals surface area contributed by atoms with Crippen LogP contribution in [0.2, 0.25) is 0 Å². The van der Waals surface area contributed by atoms with E-state index in [-0.39, 0.29) is 5.75 Å². The fourth-order valence-electron chi connectivity index (χ4n) is 11.3. The number of hydrogen-bond donors (Lipinski definition) is 1. The molecule has 0 unspecified atom stereocenters. The number of rotatable bonds is 13. The summed E-state index contributed by atoms with van der Waals surface area (Å²) in [6.45, 7) is 8.81. The molecule has 10 aromatic rings. The number of para-hydroxylation sites is 3. The second-order valence-electron chi connectivity index (χ2n) is 18.6. The van der Waals surface area contributed by atoms with Crippen LogP contribution in [-0.2, 0) is 5.41 Å². The minimum atomic E-state index is -0.646. The van der Waals surface area contributed by atoms with Gasteiger partial charge in [-0.1, -0.05) is 159 Å². The predicted molar refractivity (Wildman–Crippen MR) is 302 cm³/mol. The number of hydrogen-bond acceptors (Lipinski definition) is 3. The van der Waals surface area contributed by atoms with Crippen molar-refractivity contribution in [1.82, 2.24) is 4.57 Å². The van der Waals surface area contributed by atoms with Gasteiger partial charge in [-0.25, -0.2) is 0 Å². The van der Waals surface area contributed by atoms with Gasteiger partial charge in [-0.2, -0.15) is 0 Å². The van der Waals surface area contributed by atoms with Gasteiger partial charge in [0.25, 0.3) is 0 Å². The summed E-state index contributed by atoms with van der Waals surface area (Å²) >= 11 is 0. The van der Waals surface area contributed by atoms with E-state index in [0.29, 0.717) is 0 Å². The summed E-state index contributed by atoms with van der Waals surface area (Å²) in [5, 5.41) is 13.0. The largest absolute Gasteiger partial charge is 0.508 e. The maximum absolute atomic E-state index is 10.9. The standard InChI is InChI=1S/C68H53N3O/c1-4-22-60-61-36-34-55(45-65(61)68(64(60)6-3,50-23-12-7-13-24-50)51-25-14-8-15-26-51)69(52-27-16-9-17-28-52)57-41-49(42-58(44-57)70(53-29-18-10-19-30-53)56-39-47(5-2)40-56)48-33-37-66-62(43-48)63-46-59(72)35-38-67(63)71(66)54-31-20-11-21-32-54/h4,6-46,72H,3,5H2,1-2H3/b22-4-. The third-order valence-corrected chi connectivity index (χ3v) is 14.5. The molecule has 1 aromatic heterocycles. The average Bonchev–Trinajstić information content (AvgIpc) is 3.89. The topological polar surface area (TPSA) is 31.6 Å². The molecule has 4 heteroatoms. The summed E-state index contributed by atoms with van der Waals surface area (Å²) in [5.41, 5.74) is 19.4. The molecule has 9 aromatic carbocycles. The Kier molecular flexibility index (Phi) is 11.2. The molecule has 346 valence electrons. The molecule has 2 aliphatic rings. The van der Waals surface area contributed by atoms with Gasteiger partial charge in [0.1, 0.15) is 5.75 Å². The lowest BCUT2D eigenvalue weighted by atomic mass is 9.66. The molecule has 0 bridgehead atoms. The minimum absolute atomic E-state index is 0.237. The fraction of sp³-hybridized carbons (Fsp3) is 0.0588. The summed E-state index contributed by atoms with van der Waals surface area (Å²) in [4.78, 5) is 4.80. The highest BCUT2D eigenvalue weighted by Crippen LogP contribution is 2.57. The molecule has 0 amide bonds. The molecule has 0 saturated carbocycles. The molecule has 4 nitrogen and oxygen atoms in total. The van der Waals surface area contributed by atoms with E-state index in [1.807, 2.05) is 18.2 Å². The van der Waals surface area contributed by atoms with Crippen LogP contribution in [0.25, 0.3) is 44.2 Å². The maximum atomic E-state index is 10.9. The van der Waals surface area contributed by atoms with Gasteiger partial charge in [-0.15, -0.1) is 0 Å². The van der Waals surface area contributed by atoms with Crippen molar-refractivity contribution in [1.29, 1.82) is 0 Å². The van der Waals surface area contributed by atoms with Crippen LogP contribution in [0.1, 0.15) is 42.5 Å². The van der Waals surface area contributed by atoms with Crippen molar-refractivity contribution in [2.45, 2.75) is 25.7 Å². The van der Waals surface area contributed by atoms with Crippen LogP contribution in [0.5, 0.6) is 5.75 Å². The Bertz CT molecular complexity index is 3770. The third-order valence-electron chi connectivity index (χ3n) is 14.5. The van der Waals surface area contributed by atoms with E-state index in [2.05, 4.69) is 265 Å². The zero-order valence-electron chi connectivity index (χ0n) is 40.5. The average molecular weight is 928 g/mol. The van der Waals surface area contributed by atoms with E-state index in [9.17, 15) is 5.11 Å². The Balaban J connectivity index is 1.13. The molecule has 1 heterocycles. The zero-order valence-corrected chi connectivity index (χ0v) is 40.5. The number of phenolic OH excluding ortho intramolecular Hbond substituents is 1.